The number of carbonyl (C=O) groups is 1. The summed E-state index contributed by atoms with van der Waals surface area (Å²) in [6.07, 6.45) is 3.21. The van der Waals surface area contributed by atoms with Crippen molar-refractivity contribution in [1.82, 2.24) is 5.32 Å². The summed E-state index contributed by atoms with van der Waals surface area (Å²) in [7, 11) is 1.59. The van der Waals surface area contributed by atoms with E-state index in [2.05, 4.69) is 11.9 Å². The summed E-state index contributed by atoms with van der Waals surface area (Å²) in [6, 6.07) is 0. The van der Waals surface area contributed by atoms with Crippen molar-refractivity contribution >= 4 is 5.91 Å². The number of nitrogens with one attached hydrogen (secondary N) is 1. The number of hydrogen-bond donors (Lipinski definition) is 1. The molecule has 0 rings (SSSR count). The third-order valence-corrected chi connectivity index (χ3v) is 1.41. The number of rotatable bonds is 4. The van der Waals surface area contributed by atoms with Gasteiger partial charge in [-0.25, -0.2) is 0 Å². The molecule has 0 saturated heterocycles. The topological polar surface area (TPSA) is 38.3 Å². The SMILES string of the molecule is C=C/C=C(/NC(C)=O)C(C)OC. The van der Waals surface area contributed by atoms with E-state index < -0.39 is 0 Å². The van der Waals surface area contributed by atoms with Crippen molar-refractivity contribution < 1.29 is 9.53 Å². The van der Waals surface area contributed by atoms with E-state index in [1.807, 2.05) is 6.92 Å². The number of methoxy groups -OCH3 is 1. The van der Waals surface area contributed by atoms with Gasteiger partial charge < -0.3 is 10.1 Å². The number of allylic oxidation sites excluding steroid dienone is 2. The Balaban J connectivity index is 4.33. The van der Waals surface area contributed by atoms with Crippen LogP contribution in [0.2, 0.25) is 0 Å². The Labute approximate surface area is 73.1 Å². The fourth-order valence-corrected chi connectivity index (χ4v) is 0.736. The first-order chi connectivity index (χ1) is 5.61. The molecular formula is C9H15NO2. The fraction of sp³-hybridized carbons (Fsp3) is 0.444. The molecule has 1 atom stereocenters. The maximum Gasteiger partial charge on any atom is 0.221 e. The van der Waals surface area contributed by atoms with Crippen molar-refractivity contribution in [2.45, 2.75) is 20.0 Å². The maximum atomic E-state index is 10.7. The van der Waals surface area contributed by atoms with Crippen LogP contribution in [0.1, 0.15) is 13.8 Å². The monoisotopic (exact) mass is 169 g/mol. The van der Waals surface area contributed by atoms with E-state index >= 15 is 0 Å². The number of carbonyl (C=O) groups excluding carboxylic acids is 1. The lowest BCUT2D eigenvalue weighted by molar-refractivity contribution is -0.118. The Morgan fingerprint density at radius 2 is 2.25 bits per heavy atom. The molecule has 0 radical (unpaired) electrons. The standard InChI is InChI=1S/C9H15NO2/c1-5-6-9(7(2)12-4)10-8(3)11/h5-7H,1H2,2-4H3,(H,10,11)/b9-6+. The van der Waals surface area contributed by atoms with Crippen molar-refractivity contribution in [1.29, 1.82) is 0 Å². The van der Waals surface area contributed by atoms with E-state index in [-0.39, 0.29) is 12.0 Å². The van der Waals surface area contributed by atoms with Gasteiger partial charge in [0.15, 0.2) is 0 Å². The number of hydrogen-bond acceptors (Lipinski definition) is 2. The van der Waals surface area contributed by atoms with E-state index in [1.54, 1.807) is 19.3 Å². The molecule has 0 bridgehead atoms. The van der Waals surface area contributed by atoms with Gasteiger partial charge in [0.25, 0.3) is 0 Å². The second kappa shape index (κ2) is 5.55. The van der Waals surface area contributed by atoms with E-state index in [9.17, 15) is 4.79 Å². The van der Waals surface area contributed by atoms with Crippen LogP contribution in [-0.2, 0) is 9.53 Å². The first-order valence-electron chi connectivity index (χ1n) is 3.74. The molecular weight excluding hydrogens is 154 g/mol. The van der Waals surface area contributed by atoms with Crippen molar-refractivity contribution in [3.63, 3.8) is 0 Å². The van der Waals surface area contributed by atoms with E-state index in [0.717, 1.165) is 5.70 Å². The van der Waals surface area contributed by atoms with Crippen LogP contribution in [0.25, 0.3) is 0 Å². The molecule has 0 saturated carbocycles. The Kier molecular flexibility index (Phi) is 5.04. The van der Waals surface area contributed by atoms with Gasteiger partial charge in [0.2, 0.25) is 5.91 Å². The van der Waals surface area contributed by atoms with E-state index in [1.165, 1.54) is 6.92 Å². The highest BCUT2D eigenvalue weighted by molar-refractivity contribution is 5.75. The summed E-state index contributed by atoms with van der Waals surface area (Å²) < 4.78 is 5.03. The molecule has 68 valence electrons. The Bertz CT molecular complexity index is 197. The van der Waals surface area contributed by atoms with E-state index in [0.29, 0.717) is 0 Å². The van der Waals surface area contributed by atoms with Gasteiger partial charge >= 0.3 is 0 Å². The highest BCUT2D eigenvalue weighted by Gasteiger charge is 2.06. The molecule has 0 aromatic heterocycles. The minimum atomic E-state index is -0.119. The summed E-state index contributed by atoms with van der Waals surface area (Å²) in [5.41, 5.74) is 0.722. The third kappa shape index (κ3) is 3.93. The molecule has 0 spiro atoms. The van der Waals surface area contributed by atoms with Crippen LogP contribution in [-0.4, -0.2) is 19.1 Å². The summed E-state index contributed by atoms with van der Waals surface area (Å²) in [4.78, 5) is 10.7. The van der Waals surface area contributed by atoms with Crippen LogP contribution in [0, 0.1) is 0 Å². The molecule has 1 unspecified atom stereocenters. The molecule has 0 aliphatic heterocycles. The Hall–Kier alpha value is -1.09. The first kappa shape index (κ1) is 10.9. The maximum absolute atomic E-state index is 10.7. The average Bonchev–Trinajstić information content (AvgIpc) is 2.01. The second-order valence-corrected chi connectivity index (χ2v) is 2.42. The van der Waals surface area contributed by atoms with Gasteiger partial charge in [0, 0.05) is 19.7 Å². The van der Waals surface area contributed by atoms with Crippen LogP contribution >= 0.6 is 0 Å². The highest BCUT2D eigenvalue weighted by Crippen LogP contribution is 2.01. The quantitative estimate of drug-likeness (QED) is 0.643. The van der Waals surface area contributed by atoms with Crippen molar-refractivity contribution in [2.75, 3.05) is 7.11 Å². The van der Waals surface area contributed by atoms with Crippen LogP contribution in [0.3, 0.4) is 0 Å². The lowest BCUT2D eigenvalue weighted by atomic mass is 10.2. The lowest BCUT2D eigenvalue weighted by Crippen LogP contribution is -2.27. The third-order valence-electron chi connectivity index (χ3n) is 1.41. The van der Waals surface area contributed by atoms with Gasteiger partial charge in [0.05, 0.1) is 6.10 Å². The molecule has 1 N–H and O–H groups in total. The summed E-state index contributed by atoms with van der Waals surface area (Å²) in [5, 5.41) is 2.66. The molecule has 1 amide bonds. The van der Waals surface area contributed by atoms with Gasteiger partial charge in [-0.15, -0.1) is 0 Å². The van der Waals surface area contributed by atoms with E-state index in [4.69, 9.17) is 4.74 Å². The Morgan fingerprint density at radius 3 is 2.58 bits per heavy atom. The molecule has 12 heavy (non-hydrogen) atoms. The lowest BCUT2D eigenvalue weighted by Gasteiger charge is -2.13. The summed E-state index contributed by atoms with van der Waals surface area (Å²) in [5.74, 6) is -0.105. The Morgan fingerprint density at radius 1 is 1.67 bits per heavy atom. The smallest absolute Gasteiger partial charge is 0.221 e. The minimum absolute atomic E-state index is 0.105. The van der Waals surface area contributed by atoms with Gasteiger partial charge in [0.1, 0.15) is 0 Å². The summed E-state index contributed by atoms with van der Waals surface area (Å²) in [6.45, 7) is 6.85. The molecule has 0 aliphatic rings. The van der Waals surface area contributed by atoms with Crippen LogP contribution in [0.15, 0.2) is 24.4 Å². The zero-order chi connectivity index (χ0) is 9.56. The van der Waals surface area contributed by atoms with Crippen molar-refractivity contribution in [3.05, 3.63) is 24.4 Å². The van der Waals surface area contributed by atoms with Crippen molar-refractivity contribution in [2.24, 2.45) is 0 Å². The molecule has 3 heteroatoms. The van der Waals surface area contributed by atoms with Gasteiger partial charge in [-0.05, 0) is 13.0 Å². The number of amides is 1. The first-order valence-corrected chi connectivity index (χ1v) is 3.74. The van der Waals surface area contributed by atoms with Gasteiger partial charge in [-0.3, -0.25) is 4.79 Å². The van der Waals surface area contributed by atoms with Crippen LogP contribution < -0.4 is 5.32 Å². The fourth-order valence-electron chi connectivity index (χ4n) is 0.736. The zero-order valence-corrected chi connectivity index (χ0v) is 7.76. The average molecular weight is 169 g/mol. The molecule has 0 aromatic carbocycles. The zero-order valence-electron chi connectivity index (χ0n) is 7.76. The van der Waals surface area contributed by atoms with Gasteiger partial charge in [-0.2, -0.15) is 0 Å². The molecule has 0 aliphatic carbocycles. The van der Waals surface area contributed by atoms with Crippen LogP contribution in [0.5, 0.6) is 0 Å². The largest absolute Gasteiger partial charge is 0.376 e. The van der Waals surface area contributed by atoms with Gasteiger partial charge in [-0.1, -0.05) is 12.7 Å². The second-order valence-electron chi connectivity index (χ2n) is 2.42. The molecule has 0 aromatic rings. The summed E-state index contributed by atoms with van der Waals surface area (Å²) >= 11 is 0. The number of ether oxygens (including phenoxy) is 1. The molecule has 0 heterocycles. The van der Waals surface area contributed by atoms with Crippen LogP contribution in [0.4, 0.5) is 0 Å². The highest BCUT2D eigenvalue weighted by atomic mass is 16.5. The molecule has 3 nitrogen and oxygen atoms in total. The molecule has 0 fully saturated rings. The normalized spacial score (nSPS) is 13.8. The minimum Gasteiger partial charge on any atom is -0.376 e. The van der Waals surface area contributed by atoms with Crippen molar-refractivity contribution in [3.8, 4) is 0 Å². The predicted molar refractivity (Wildman–Crippen MR) is 48.6 cm³/mol. The predicted octanol–water partition coefficient (Wildman–Crippen LogP) is 1.23.